The van der Waals surface area contributed by atoms with Gasteiger partial charge in [0.2, 0.25) is 0 Å². The highest BCUT2D eigenvalue weighted by atomic mass is 35.5. The van der Waals surface area contributed by atoms with Gasteiger partial charge < -0.3 is 14.9 Å². The maximum absolute atomic E-state index is 12.8. The molecule has 0 bridgehead atoms. The van der Waals surface area contributed by atoms with Crippen molar-refractivity contribution in [3.8, 4) is 0 Å². The second-order valence-electron chi connectivity index (χ2n) is 7.07. The number of nitrogens with zero attached hydrogens (tertiary/aromatic N) is 2. The van der Waals surface area contributed by atoms with Crippen LogP contribution < -0.4 is 0 Å². The number of benzene rings is 2. The molecule has 146 valence electrons. The minimum absolute atomic E-state index is 0.114. The number of rotatable bonds is 6. The first-order chi connectivity index (χ1) is 13.4. The Morgan fingerprint density at radius 3 is 2.32 bits per heavy atom. The summed E-state index contributed by atoms with van der Waals surface area (Å²) >= 11 is 6.01. The molecule has 6 heteroatoms. The predicted molar refractivity (Wildman–Crippen MR) is 110 cm³/mol. The highest BCUT2D eigenvalue weighted by molar-refractivity contribution is 6.46. The van der Waals surface area contributed by atoms with E-state index in [-0.39, 0.29) is 11.3 Å². The number of amides is 1. The lowest BCUT2D eigenvalue weighted by Crippen LogP contribution is -2.32. The lowest BCUT2D eigenvalue weighted by atomic mass is 9.95. The van der Waals surface area contributed by atoms with Gasteiger partial charge in [0.05, 0.1) is 11.6 Å². The van der Waals surface area contributed by atoms with Gasteiger partial charge in [-0.1, -0.05) is 54.1 Å². The van der Waals surface area contributed by atoms with Gasteiger partial charge in [0.25, 0.3) is 11.7 Å². The Hall–Kier alpha value is -2.63. The molecule has 3 rings (SSSR count). The maximum Gasteiger partial charge on any atom is 0.295 e. The number of carbonyl (C=O) groups is 2. The van der Waals surface area contributed by atoms with E-state index < -0.39 is 17.7 Å². The molecular formula is C22H23ClN2O3. The van der Waals surface area contributed by atoms with Crippen LogP contribution in [0, 0.1) is 0 Å². The summed E-state index contributed by atoms with van der Waals surface area (Å²) in [6.07, 6.45) is 0.718. The van der Waals surface area contributed by atoms with Crippen molar-refractivity contribution in [2.75, 3.05) is 27.2 Å². The largest absolute Gasteiger partial charge is 0.507 e. The van der Waals surface area contributed by atoms with Crippen molar-refractivity contribution in [1.29, 1.82) is 0 Å². The van der Waals surface area contributed by atoms with E-state index >= 15 is 0 Å². The molecule has 2 aromatic carbocycles. The van der Waals surface area contributed by atoms with Crippen LogP contribution in [0.3, 0.4) is 0 Å². The van der Waals surface area contributed by atoms with Gasteiger partial charge in [-0.05, 0) is 44.8 Å². The van der Waals surface area contributed by atoms with Gasteiger partial charge in [-0.25, -0.2) is 0 Å². The molecule has 0 aromatic heterocycles. The molecule has 1 aliphatic heterocycles. The highest BCUT2D eigenvalue weighted by Crippen LogP contribution is 2.39. The van der Waals surface area contributed by atoms with Gasteiger partial charge in [0.15, 0.2) is 0 Å². The SMILES string of the molecule is CN(C)CCCN1C(=O)C(=O)C(=C(O)c2ccccc2)C1c1ccc(Cl)cc1. The first-order valence-electron chi connectivity index (χ1n) is 9.14. The number of aliphatic hydroxyl groups excluding tert-OH is 1. The zero-order valence-corrected chi connectivity index (χ0v) is 16.7. The second kappa shape index (κ2) is 8.59. The van der Waals surface area contributed by atoms with E-state index in [4.69, 9.17) is 11.6 Å². The van der Waals surface area contributed by atoms with Crippen molar-refractivity contribution < 1.29 is 14.7 Å². The fourth-order valence-corrected chi connectivity index (χ4v) is 3.54. The number of aliphatic hydroxyl groups is 1. The summed E-state index contributed by atoms with van der Waals surface area (Å²) in [5, 5.41) is 11.4. The summed E-state index contributed by atoms with van der Waals surface area (Å²) in [6.45, 7) is 1.20. The van der Waals surface area contributed by atoms with Crippen molar-refractivity contribution in [3.05, 3.63) is 76.3 Å². The van der Waals surface area contributed by atoms with Crippen molar-refractivity contribution in [2.45, 2.75) is 12.5 Å². The van der Waals surface area contributed by atoms with Crippen LogP contribution in [0.4, 0.5) is 0 Å². The molecule has 1 aliphatic rings. The van der Waals surface area contributed by atoms with E-state index in [1.807, 2.05) is 25.1 Å². The zero-order chi connectivity index (χ0) is 20.3. The molecule has 5 nitrogen and oxygen atoms in total. The molecule has 1 amide bonds. The van der Waals surface area contributed by atoms with Gasteiger partial charge >= 0.3 is 0 Å². The molecule has 2 aromatic rings. The lowest BCUT2D eigenvalue weighted by Gasteiger charge is -2.26. The normalized spacial score (nSPS) is 18.9. The smallest absolute Gasteiger partial charge is 0.295 e. The summed E-state index contributed by atoms with van der Waals surface area (Å²) in [6, 6.07) is 15.2. The molecule has 1 heterocycles. The number of Topliss-reactive ketones (excluding diaryl/α,β-unsaturated/α-hetero) is 1. The van der Waals surface area contributed by atoms with Crippen molar-refractivity contribution >= 4 is 29.1 Å². The quantitative estimate of drug-likeness (QED) is 0.457. The van der Waals surface area contributed by atoms with Crippen molar-refractivity contribution in [2.24, 2.45) is 0 Å². The average molecular weight is 399 g/mol. The Kier molecular flexibility index (Phi) is 6.17. The fourth-order valence-electron chi connectivity index (χ4n) is 3.41. The Morgan fingerprint density at radius 1 is 1.07 bits per heavy atom. The summed E-state index contributed by atoms with van der Waals surface area (Å²) in [7, 11) is 3.92. The third-order valence-electron chi connectivity index (χ3n) is 4.78. The van der Waals surface area contributed by atoms with E-state index in [9.17, 15) is 14.7 Å². The number of hydrogen-bond donors (Lipinski definition) is 1. The van der Waals surface area contributed by atoms with Crippen molar-refractivity contribution in [3.63, 3.8) is 0 Å². The van der Waals surface area contributed by atoms with E-state index in [0.717, 1.165) is 18.5 Å². The van der Waals surface area contributed by atoms with Gasteiger partial charge in [0.1, 0.15) is 5.76 Å². The van der Waals surface area contributed by atoms with Crippen LogP contribution in [0.5, 0.6) is 0 Å². The van der Waals surface area contributed by atoms with Crippen LogP contribution in [0.1, 0.15) is 23.6 Å². The minimum Gasteiger partial charge on any atom is -0.507 e. The van der Waals surface area contributed by atoms with Crippen LogP contribution >= 0.6 is 11.6 Å². The monoisotopic (exact) mass is 398 g/mol. The van der Waals surface area contributed by atoms with E-state index in [1.165, 1.54) is 0 Å². The Morgan fingerprint density at radius 2 is 1.71 bits per heavy atom. The maximum atomic E-state index is 12.8. The number of ketones is 1. The van der Waals surface area contributed by atoms with Crippen LogP contribution in [0.2, 0.25) is 5.02 Å². The lowest BCUT2D eigenvalue weighted by molar-refractivity contribution is -0.139. The topological polar surface area (TPSA) is 60.9 Å². The molecule has 28 heavy (non-hydrogen) atoms. The van der Waals surface area contributed by atoms with E-state index in [0.29, 0.717) is 17.1 Å². The number of halogens is 1. The molecule has 1 fully saturated rings. The van der Waals surface area contributed by atoms with E-state index in [1.54, 1.807) is 53.4 Å². The second-order valence-corrected chi connectivity index (χ2v) is 7.50. The average Bonchev–Trinajstić information content (AvgIpc) is 2.93. The fraction of sp³-hybridized carbons (Fsp3) is 0.273. The van der Waals surface area contributed by atoms with Crippen LogP contribution in [-0.4, -0.2) is 53.8 Å². The molecule has 0 radical (unpaired) electrons. The molecule has 0 spiro atoms. The standard InChI is InChI=1S/C22H23ClN2O3/c1-24(2)13-6-14-25-19(15-9-11-17(23)12-10-15)18(21(27)22(25)28)20(26)16-7-4-3-5-8-16/h3-5,7-12,19,26H,6,13-14H2,1-2H3. The molecule has 0 saturated carbocycles. The Bertz CT molecular complexity index is 892. The molecular weight excluding hydrogens is 376 g/mol. The molecule has 1 unspecified atom stereocenters. The van der Waals surface area contributed by atoms with Gasteiger partial charge in [-0.3, -0.25) is 9.59 Å². The number of hydrogen-bond acceptors (Lipinski definition) is 4. The number of carbonyl (C=O) groups excluding carboxylic acids is 2. The highest BCUT2D eigenvalue weighted by Gasteiger charge is 2.45. The predicted octanol–water partition coefficient (Wildman–Crippen LogP) is 3.71. The van der Waals surface area contributed by atoms with Gasteiger partial charge in [-0.15, -0.1) is 0 Å². The molecule has 0 aliphatic carbocycles. The van der Waals surface area contributed by atoms with Crippen LogP contribution in [-0.2, 0) is 9.59 Å². The summed E-state index contributed by atoms with van der Waals surface area (Å²) < 4.78 is 0. The van der Waals surface area contributed by atoms with Crippen molar-refractivity contribution in [1.82, 2.24) is 9.80 Å². The summed E-state index contributed by atoms with van der Waals surface area (Å²) in [5.41, 5.74) is 1.36. The summed E-state index contributed by atoms with van der Waals surface area (Å²) in [5.74, 6) is -1.41. The van der Waals surface area contributed by atoms with Crippen LogP contribution in [0.25, 0.3) is 5.76 Å². The summed E-state index contributed by atoms with van der Waals surface area (Å²) in [4.78, 5) is 29.2. The Balaban J connectivity index is 2.07. The zero-order valence-electron chi connectivity index (χ0n) is 15.9. The Labute approximate surface area is 169 Å². The first-order valence-corrected chi connectivity index (χ1v) is 9.52. The molecule has 1 atom stereocenters. The van der Waals surface area contributed by atoms with Crippen LogP contribution in [0.15, 0.2) is 60.2 Å². The molecule has 1 saturated heterocycles. The molecule has 1 N–H and O–H groups in total. The third-order valence-corrected chi connectivity index (χ3v) is 5.03. The van der Waals surface area contributed by atoms with Gasteiger partial charge in [0, 0.05) is 17.1 Å². The van der Waals surface area contributed by atoms with E-state index in [2.05, 4.69) is 0 Å². The number of likely N-dealkylation sites (tertiary alicyclic amines) is 1. The third kappa shape index (κ3) is 4.11. The first kappa shape index (κ1) is 20.1. The minimum atomic E-state index is -0.661. The van der Waals surface area contributed by atoms with Gasteiger partial charge in [-0.2, -0.15) is 0 Å².